The molecule has 0 atom stereocenters. The topological polar surface area (TPSA) is 51.0 Å². The van der Waals surface area contributed by atoms with E-state index in [0.29, 0.717) is 17.5 Å². The number of aromatic nitrogens is 3. The number of aryl methyl sites for hydroxylation is 5. The van der Waals surface area contributed by atoms with E-state index in [1.165, 1.54) is 27.8 Å². The second kappa shape index (κ2) is 12.9. The lowest BCUT2D eigenvalue weighted by atomic mass is 9.95. The maximum Gasteiger partial charge on any atom is 0.164 e. The van der Waals surface area contributed by atoms with Gasteiger partial charge in [-0.15, -0.1) is 0 Å². The van der Waals surface area contributed by atoms with E-state index in [0.717, 1.165) is 38.9 Å². The molecule has 0 saturated carbocycles. The minimum absolute atomic E-state index is 0.662. The molecule has 0 bridgehead atoms. The summed E-state index contributed by atoms with van der Waals surface area (Å²) in [6.07, 6.45) is 7.88. The van der Waals surface area contributed by atoms with Crippen LogP contribution in [-0.2, 0) is 0 Å². The maximum absolute atomic E-state index is 5.05. The van der Waals surface area contributed by atoms with Crippen LogP contribution in [0.1, 0.15) is 40.3 Å². The average molecular weight is 563 g/mol. The monoisotopic (exact) mass is 562 g/mol. The molecule has 0 aliphatic rings. The van der Waals surface area contributed by atoms with E-state index in [-0.39, 0.29) is 0 Å². The molecule has 5 rings (SSSR count). The predicted molar refractivity (Wildman–Crippen MR) is 182 cm³/mol. The van der Waals surface area contributed by atoms with Gasteiger partial charge in [-0.1, -0.05) is 77.9 Å². The van der Waals surface area contributed by atoms with Crippen molar-refractivity contribution in [1.82, 2.24) is 15.0 Å². The molecule has 0 N–H and O–H groups in total. The summed E-state index contributed by atoms with van der Waals surface area (Å²) < 4.78 is 0. The van der Waals surface area contributed by atoms with Gasteiger partial charge in [-0.25, -0.2) is 15.0 Å². The Balaban J connectivity index is 1.64. The lowest BCUT2D eigenvalue weighted by molar-refractivity contribution is 1.07. The first kappa shape index (κ1) is 29.5. The highest BCUT2D eigenvalue weighted by molar-refractivity contribution is 5.78. The molecule has 4 heteroatoms. The molecule has 0 aliphatic heterocycles. The SMILES string of the molecule is C/N=C/C=C\C=C(/C)c1cc(-c2cccc(-c3nc(-c4cc(C)ccc4C)nc(-c4cc(C)ccc4C)n3)c2)ccc1C. The molecule has 0 fully saturated rings. The van der Waals surface area contributed by atoms with Gasteiger partial charge in [0.1, 0.15) is 0 Å². The molecule has 0 spiro atoms. The third-order valence-electron chi connectivity index (χ3n) is 7.71. The maximum atomic E-state index is 5.05. The van der Waals surface area contributed by atoms with Crippen LogP contribution in [0.5, 0.6) is 0 Å². The molecule has 214 valence electrons. The van der Waals surface area contributed by atoms with Gasteiger partial charge in [-0.2, -0.15) is 0 Å². The Bertz CT molecular complexity index is 1820. The summed E-state index contributed by atoms with van der Waals surface area (Å²) in [5.41, 5.74) is 13.5. The third-order valence-corrected chi connectivity index (χ3v) is 7.71. The van der Waals surface area contributed by atoms with Gasteiger partial charge in [-0.05, 0) is 111 Å². The minimum atomic E-state index is 0.662. The molecule has 5 aromatic rings. The zero-order chi connectivity index (χ0) is 30.5. The Hall–Kier alpha value is -4.96. The molecule has 1 aromatic heterocycles. The molecule has 0 unspecified atom stereocenters. The van der Waals surface area contributed by atoms with Crippen LogP contribution in [0.3, 0.4) is 0 Å². The molecular formula is C39H38N4. The molecule has 1 heterocycles. The zero-order valence-electron chi connectivity index (χ0n) is 26.1. The van der Waals surface area contributed by atoms with E-state index >= 15 is 0 Å². The average Bonchev–Trinajstić information content (AvgIpc) is 3.01. The van der Waals surface area contributed by atoms with Crippen molar-refractivity contribution in [2.24, 2.45) is 4.99 Å². The predicted octanol–water partition coefficient (Wildman–Crippen LogP) is 9.74. The fraction of sp³-hybridized carbons (Fsp3) is 0.179. The van der Waals surface area contributed by atoms with Gasteiger partial charge in [0.15, 0.2) is 17.5 Å². The smallest absolute Gasteiger partial charge is 0.164 e. The van der Waals surface area contributed by atoms with Crippen molar-refractivity contribution in [1.29, 1.82) is 0 Å². The van der Waals surface area contributed by atoms with Gasteiger partial charge in [0.05, 0.1) is 0 Å². The van der Waals surface area contributed by atoms with Crippen molar-refractivity contribution < 1.29 is 0 Å². The summed E-state index contributed by atoms with van der Waals surface area (Å²) in [5, 5.41) is 0. The zero-order valence-corrected chi connectivity index (χ0v) is 26.1. The summed E-state index contributed by atoms with van der Waals surface area (Å²) >= 11 is 0. The molecule has 0 saturated heterocycles. The number of hydrogen-bond acceptors (Lipinski definition) is 4. The number of benzene rings is 4. The number of hydrogen-bond donors (Lipinski definition) is 0. The summed E-state index contributed by atoms with van der Waals surface area (Å²) in [6.45, 7) is 12.7. The van der Waals surface area contributed by atoms with E-state index in [4.69, 9.17) is 15.0 Å². The second-order valence-corrected chi connectivity index (χ2v) is 11.2. The highest BCUT2D eigenvalue weighted by Gasteiger charge is 2.16. The van der Waals surface area contributed by atoms with E-state index in [1.807, 2.05) is 12.2 Å². The van der Waals surface area contributed by atoms with Crippen LogP contribution >= 0.6 is 0 Å². The van der Waals surface area contributed by atoms with Crippen LogP contribution in [0.15, 0.2) is 102 Å². The fourth-order valence-electron chi connectivity index (χ4n) is 5.19. The largest absolute Gasteiger partial charge is 0.297 e. The number of allylic oxidation sites excluding steroid dienone is 4. The van der Waals surface area contributed by atoms with Crippen LogP contribution in [-0.4, -0.2) is 28.2 Å². The van der Waals surface area contributed by atoms with Crippen LogP contribution in [0, 0.1) is 34.6 Å². The first-order valence-electron chi connectivity index (χ1n) is 14.6. The molecule has 0 amide bonds. The number of nitrogens with zero attached hydrogens (tertiary/aromatic N) is 4. The van der Waals surface area contributed by atoms with Crippen molar-refractivity contribution >= 4 is 11.8 Å². The Morgan fingerprint density at radius 2 is 1.14 bits per heavy atom. The van der Waals surface area contributed by atoms with E-state index in [1.54, 1.807) is 13.3 Å². The van der Waals surface area contributed by atoms with Crippen molar-refractivity contribution in [3.05, 3.63) is 130 Å². The number of aliphatic imine (C=N–C) groups is 1. The van der Waals surface area contributed by atoms with Gasteiger partial charge < -0.3 is 0 Å². The second-order valence-electron chi connectivity index (χ2n) is 11.2. The lowest BCUT2D eigenvalue weighted by Gasteiger charge is -2.13. The molecule has 4 nitrogen and oxygen atoms in total. The van der Waals surface area contributed by atoms with Crippen LogP contribution in [0.4, 0.5) is 0 Å². The Morgan fingerprint density at radius 1 is 0.581 bits per heavy atom. The Morgan fingerprint density at radius 3 is 1.77 bits per heavy atom. The van der Waals surface area contributed by atoms with E-state index in [2.05, 4.69) is 131 Å². The van der Waals surface area contributed by atoms with Crippen LogP contribution in [0.2, 0.25) is 0 Å². The lowest BCUT2D eigenvalue weighted by Crippen LogP contribution is -2.02. The highest BCUT2D eigenvalue weighted by Crippen LogP contribution is 2.32. The quantitative estimate of drug-likeness (QED) is 0.147. The summed E-state index contributed by atoms with van der Waals surface area (Å²) in [6, 6.07) is 27.9. The van der Waals surface area contributed by atoms with Crippen LogP contribution in [0.25, 0.3) is 50.9 Å². The highest BCUT2D eigenvalue weighted by atomic mass is 15.0. The molecule has 0 radical (unpaired) electrons. The molecule has 0 aliphatic carbocycles. The molecule has 43 heavy (non-hydrogen) atoms. The van der Waals surface area contributed by atoms with Gasteiger partial charge >= 0.3 is 0 Å². The van der Waals surface area contributed by atoms with Crippen molar-refractivity contribution in [2.45, 2.75) is 41.5 Å². The normalized spacial score (nSPS) is 12.0. The van der Waals surface area contributed by atoms with Gasteiger partial charge in [-0.3, -0.25) is 4.99 Å². The van der Waals surface area contributed by atoms with Crippen molar-refractivity contribution in [3.8, 4) is 45.3 Å². The number of rotatable bonds is 7. The third kappa shape index (κ3) is 6.76. The van der Waals surface area contributed by atoms with Gasteiger partial charge in [0.2, 0.25) is 0 Å². The summed E-state index contributed by atoms with van der Waals surface area (Å²) in [4.78, 5) is 19.1. The fourth-order valence-corrected chi connectivity index (χ4v) is 5.19. The Labute approximate surface area is 255 Å². The summed E-state index contributed by atoms with van der Waals surface area (Å²) in [7, 11) is 1.77. The minimum Gasteiger partial charge on any atom is -0.297 e. The molecular weight excluding hydrogens is 524 g/mol. The van der Waals surface area contributed by atoms with E-state index < -0.39 is 0 Å². The first-order chi connectivity index (χ1) is 20.7. The van der Waals surface area contributed by atoms with E-state index in [9.17, 15) is 0 Å². The Kier molecular flexibility index (Phi) is 8.87. The standard InChI is InChI=1S/C39H38N4/c1-25-14-16-29(5)35(21-25)38-41-37(42-39(43-38)36-22-26(2)15-17-30(36)6)33-13-10-12-31(23-33)32-19-18-28(4)34(24-32)27(3)11-8-9-20-40-7/h8-24H,1-7H3/b9-8-,27-11+,40-20+. The van der Waals surface area contributed by atoms with Crippen molar-refractivity contribution in [2.75, 3.05) is 7.05 Å². The van der Waals surface area contributed by atoms with Gasteiger partial charge in [0, 0.05) is 30.0 Å². The molecule has 4 aromatic carbocycles. The van der Waals surface area contributed by atoms with Crippen molar-refractivity contribution in [3.63, 3.8) is 0 Å². The van der Waals surface area contributed by atoms with Gasteiger partial charge in [0.25, 0.3) is 0 Å². The van der Waals surface area contributed by atoms with Crippen LogP contribution < -0.4 is 0 Å². The summed E-state index contributed by atoms with van der Waals surface area (Å²) in [5.74, 6) is 2.04. The first-order valence-corrected chi connectivity index (χ1v) is 14.6.